The van der Waals surface area contributed by atoms with E-state index < -0.39 is 0 Å². The van der Waals surface area contributed by atoms with Crippen LogP contribution in [-0.4, -0.2) is 79.7 Å². The van der Waals surface area contributed by atoms with Crippen molar-refractivity contribution in [2.45, 2.75) is 25.6 Å². The summed E-state index contributed by atoms with van der Waals surface area (Å²) in [6.07, 6.45) is 0.733. The van der Waals surface area contributed by atoms with Crippen molar-refractivity contribution in [1.29, 1.82) is 0 Å². The maximum atomic E-state index is 9.64. The highest BCUT2D eigenvalue weighted by atomic mass is 16.5. The number of methoxy groups -OCH3 is 2. The molecule has 0 amide bonds. The second kappa shape index (κ2) is 11.9. The number of nitrogens with zero attached hydrogens (tertiary/aromatic N) is 2. The number of piperazine rings is 1. The monoisotopic (exact) mass is 430 g/mol. The Morgan fingerprint density at radius 2 is 1.61 bits per heavy atom. The van der Waals surface area contributed by atoms with Gasteiger partial charge in [-0.15, -0.1) is 0 Å². The molecule has 0 saturated carbocycles. The fraction of sp³-hybridized carbons (Fsp3) is 0.500. The van der Waals surface area contributed by atoms with Crippen LogP contribution < -0.4 is 14.2 Å². The van der Waals surface area contributed by atoms with Crippen LogP contribution in [0.25, 0.3) is 0 Å². The third kappa shape index (κ3) is 6.83. The minimum Gasteiger partial charge on any atom is -0.497 e. The Labute approximate surface area is 184 Å². The van der Waals surface area contributed by atoms with E-state index in [1.54, 1.807) is 14.2 Å². The maximum Gasteiger partial charge on any atom is 0.122 e. The van der Waals surface area contributed by atoms with Gasteiger partial charge in [0, 0.05) is 51.4 Å². The predicted octanol–water partition coefficient (Wildman–Crippen LogP) is 2.14. The summed E-state index contributed by atoms with van der Waals surface area (Å²) in [5, 5.41) is 18.6. The molecule has 0 aromatic heterocycles. The summed E-state index contributed by atoms with van der Waals surface area (Å²) >= 11 is 0. The lowest BCUT2D eigenvalue weighted by Gasteiger charge is -2.41. The molecule has 2 aromatic rings. The predicted molar refractivity (Wildman–Crippen MR) is 120 cm³/mol. The molecule has 0 aliphatic carbocycles. The topological polar surface area (TPSA) is 74.6 Å². The molecule has 170 valence electrons. The van der Waals surface area contributed by atoms with E-state index in [1.807, 2.05) is 36.4 Å². The highest BCUT2D eigenvalue weighted by Gasteiger charge is 2.27. The molecule has 1 atom stereocenters. The standard InChI is InChI=1S/C24H34N2O5/c1-29-23-13-20(14-24(15-23)30-2)17-26-8-7-25(18-21(26)6-9-27)16-19-4-3-5-22(12-19)31-11-10-28/h3-5,12-15,21,27-28H,6-11,16-18H2,1-2H3/t21-/m1/s1. The highest BCUT2D eigenvalue weighted by Crippen LogP contribution is 2.26. The first-order valence-corrected chi connectivity index (χ1v) is 10.8. The van der Waals surface area contributed by atoms with Crippen LogP contribution in [0.2, 0.25) is 0 Å². The molecule has 7 heteroatoms. The van der Waals surface area contributed by atoms with Crippen LogP contribution in [0.15, 0.2) is 42.5 Å². The van der Waals surface area contributed by atoms with Crippen LogP contribution in [0, 0.1) is 0 Å². The van der Waals surface area contributed by atoms with E-state index in [2.05, 4.69) is 15.9 Å². The molecule has 3 rings (SSSR count). The average molecular weight is 431 g/mol. The molecule has 7 nitrogen and oxygen atoms in total. The van der Waals surface area contributed by atoms with Crippen molar-refractivity contribution < 1.29 is 24.4 Å². The average Bonchev–Trinajstić information content (AvgIpc) is 2.79. The summed E-state index contributed by atoms with van der Waals surface area (Å²) in [7, 11) is 3.32. The van der Waals surface area contributed by atoms with E-state index in [0.29, 0.717) is 6.61 Å². The second-order valence-corrected chi connectivity index (χ2v) is 7.81. The van der Waals surface area contributed by atoms with E-state index in [0.717, 1.165) is 62.0 Å². The number of ether oxygens (including phenoxy) is 3. The Kier molecular flexibility index (Phi) is 8.97. The van der Waals surface area contributed by atoms with Crippen LogP contribution in [-0.2, 0) is 13.1 Å². The van der Waals surface area contributed by atoms with E-state index in [1.165, 1.54) is 5.56 Å². The Morgan fingerprint density at radius 1 is 0.871 bits per heavy atom. The van der Waals surface area contributed by atoms with Crippen LogP contribution >= 0.6 is 0 Å². The zero-order valence-corrected chi connectivity index (χ0v) is 18.5. The minimum absolute atomic E-state index is 0.00813. The Balaban J connectivity index is 1.64. The van der Waals surface area contributed by atoms with E-state index >= 15 is 0 Å². The number of hydrogen-bond acceptors (Lipinski definition) is 7. The van der Waals surface area contributed by atoms with Crippen molar-refractivity contribution >= 4 is 0 Å². The lowest BCUT2D eigenvalue weighted by atomic mass is 10.1. The zero-order chi connectivity index (χ0) is 22.1. The summed E-state index contributed by atoms with van der Waals surface area (Å²) in [5.41, 5.74) is 2.32. The molecule has 0 unspecified atom stereocenters. The van der Waals surface area contributed by atoms with Crippen LogP contribution in [0.1, 0.15) is 17.5 Å². The Morgan fingerprint density at radius 3 is 2.29 bits per heavy atom. The minimum atomic E-state index is 0.00813. The van der Waals surface area contributed by atoms with Crippen LogP contribution in [0.3, 0.4) is 0 Å². The van der Waals surface area contributed by atoms with Gasteiger partial charge < -0.3 is 24.4 Å². The summed E-state index contributed by atoms with van der Waals surface area (Å²) in [5.74, 6) is 2.36. The first kappa shape index (κ1) is 23.3. The van der Waals surface area contributed by atoms with Gasteiger partial charge in [0.2, 0.25) is 0 Å². The molecule has 31 heavy (non-hydrogen) atoms. The number of hydrogen-bond donors (Lipinski definition) is 2. The van der Waals surface area contributed by atoms with Gasteiger partial charge in [-0.1, -0.05) is 12.1 Å². The van der Waals surface area contributed by atoms with Crippen molar-refractivity contribution in [2.24, 2.45) is 0 Å². The van der Waals surface area contributed by atoms with Crippen molar-refractivity contribution in [3.05, 3.63) is 53.6 Å². The largest absolute Gasteiger partial charge is 0.497 e. The summed E-state index contributed by atoms with van der Waals surface area (Å²) in [4.78, 5) is 4.86. The fourth-order valence-corrected chi connectivity index (χ4v) is 4.08. The molecule has 0 radical (unpaired) electrons. The summed E-state index contributed by atoms with van der Waals surface area (Å²) in [6, 6.07) is 14.3. The van der Waals surface area contributed by atoms with Gasteiger partial charge in [0.1, 0.15) is 23.9 Å². The van der Waals surface area contributed by atoms with E-state index in [-0.39, 0.29) is 19.3 Å². The number of rotatable bonds is 11. The molecule has 0 spiro atoms. The van der Waals surface area contributed by atoms with Crippen LogP contribution in [0.4, 0.5) is 0 Å². The smallest absolute Gasteiger partial charge is 0.122 e. The fourth-order valence-electron chi connectivity index (χ4n) is 4.08. The molecule has 1 heterocycles. The van der Waals surface area contributed by atoms with Gasteiger partial charge in [-0.25, -0.2) is 0 Å². The normalized spacial score (nSPS) is 17.5. The molecular formula is C24H34N2O5. The SMILES string of the molecule is COc1cc(CN2CCN(Cc3cccc(OCCO)c3)C[C@H]2CCO)cc(OC)c1. The van der Waals surface area contributed by atoms with Crippen molar-refractivity contribution in [2.75, 3.05) is 53.7 Å². The first-order valence-electron chi connectivity index (χ1n) is 10.8. The quantitative estimate of drug-likeness (QED) is 0.566. The summed E-state index contributed by atoms with van der Waals surface area (Å²) < 4.78 is 16.4. The van der Waals surface area contributed by atoms with Gasteiger partial charge in [0.05, 0.1) is 20.8 Å². The molecular weight excluding hydrogens is 396 g/mol. The van der Waals surface area contributed by atoms with Crippen molar-refractivity contribution in [1.82, 2.24) is 9.80 Å². The van der Waals surface area contributed by atoms with Gasteiger partial charge >= 0.3 is 0 Å². The van der Waals surface area contributed by atoms with Gasteiger partial charge in [-0.2, -0.15) is 0 Å². The molecule has 2 aromatic carbocycles. The number of aliphatic hydroxyl groups is 2. The molecule has 1 fully saturated rings. The summed E-state index contributed by atoms with van der Waals surface area (Å²) in [6.45, 7) is 4.86. The van der Waals surface area contributed by atoms with E-state index in [4.69, 9.17) is 19.3 Å². The number of benzene rings is 2. The lowest BCUT2D eigenvalue weighted by Crippen LogP contribution is -2.52. The van der Waals surface area contributed by atoms with Gasteiger partial charge in [-0.05, 0) is 41.8 Å². The number of aliphatic hydroxyl groups excluding tert-OH is 2. The second-order valence-electron chi connectivity index (χ2n) is 7.81. The third-order valence-corrected chi connectivity index (χ3v) is 5.61. The zero-order valence-electron chi connectivity index (χ0n) is 18.5. The Hall–Kier alpha value is -2.32. The molecule has 1 aliphatic heterocycles. The molecule has 1 saturated heterocycles. The van der Waals surface area contributed by atoms with Gasteiger partial charge in [0.15, 0.2) is 0 Å². The van der Waals surface area contributed by atoms with Crippen molar-refractivity contribution in [3.63, 3.8) is 0 Å². The third-order valence-electron chi connectivity index (χ3n) is 5.61. The van der Waals surface area contributed by atoms with Crippen molar-refractivity contribution in [3.8, 4) is 17.2 Å². The maximum absolute atomic E-state index is 9.64. The van der Waals surface area contributed by atoms with E-state index in [9.17, 15) is 5.11 Å². The highest BCUT2D eigenvalue weighted by molar-refractivity contribution is 5.38. The Bertz CT molecular complexity index is 794. The van der Waals surface area contributed by atoms with Gasteiger partial charge in [0.25, 0.3) is 0 Å². The first-order chi connectivity index (χ1) is 15.1. The molecule has 2 N–H and O–H groups in total. The lowest BCUT2D eigenvalue weighted by molar-refractivity contribution is 0.0498. The van der Waals surface area contributed by atoms with Gasteiger partial charge in [-0.3, -0.25) is 9.80 Å². The molecule has 0 bridgehead atoms. The molecule has 1 aliphatic rings. The van der Waals surface area contributed by atoms with Crippen LogP contribution in [0.5, 0.6) is 17.2 Å².